The van der Waals surface area contributed by atoms with Crippen LogP contribution in [0, 0.1) is 5.82 Å². The Hall–Kier alpha value is -1.46. The molecule has 0 aliphatic carbocycles. The molecule has 0 spiro atoms. The molecule has 1 aromatic rings. The van der Waals surface area contributed by atoms with Crippen LogP contribution in [-0.4, -0.2) is 53.6 Å². The van der Waals surface area contributed by atoms with Gasteiger partial charge in [-0.2, -0.15) is 0 Å². The van der Waals surface area contributed by atoms with Gasteiger partial charge >= 0.3 is 5.97 Å². The fourth-order valence-electron chi connectivity index (χ4n) is 2.68. The van der Waals surface area contributed by atoms with E-state index in [0.717, 1.165) is 32.1 Å². The maximum Gasteiger partial charge on any atom is 0.335 e. The molecule has 1 heterocycles. The number of benzene rings is 1. The molecule has 5 heteroatoms. The molecular formula is C15H21FN2O2. The Bertz CT molecular complexity index is 493. The summed E-state index contributed by atoms with van der Waals surface area (Å²) in [7, 11) is 2.10. The van der Waals surface area contributed by atoms with Crippen molar-refractivity contribution < 1.29 is 14.3 Å². The average Bonchev–Trinajstić information content (AvgIpc) is 2.53. The van der Waals surface area contributed by atoms with Crippen LogP contribution in [-0.2, 0) is 6.54 Å². The number of rotatable bonds is 3. The lowest BCUT2D eigenvalue weighted by molar-refractivity contribution is 0.0696. The third-order valence-corrected chi connectivity index (χ3v) is 3.86. The number of hydrogen-bond donors (Lipinski definition) is 1. The molecule has 1 unspecified atom stereocenters. The normalized spacial score (nSPS) is 21.6. The number of aromatic carboxylic acids is 1. The fraction of sp³-hybridized carbons (Fsp3) is 0.533. The van der Waals surface area contributed by atoms with Crippen molar-refractivity contribution in [2.75, 3.05) is 26.7 Å². The summed E-state index contributed by atoms with van der Waals surface area (Å²) in [5.41, 5.74) is 0.557. The summed E-state index contributed by atoms with van der Waals surface area (Å²) in [5.74, 6) is -1.53. The molecule has 110 valence electrons. The van der Waals surface area contributed by atoms with E-state index in [0.29, 0.717) is 18.2 Å². The van der Waals surface area contributed by atoms with Crippen molar-refractivity contribution in [2.24, 2.45) is 0 Å². The maximum atomic E-state index is 14.0. The molecule has 1 saturated heterocycles. The SMILES string of the molecule is CC1CN(C)CCCN1Cc1ccc(C(=O)O)cc1F. The van der Waals surface area contributed by atoms with Crippen molar-refractivity contribution in [3.63, 3.8) is 0 Å². The van der Waals surface area contributed by atoms with Gasteiger partial charge in [0.25, 0.3) is 0 Å². The zero-order valence-corrected chi connectivity index (χ0v) is 12.0. The summed E-state index contributed by atoms with van der Waals surface area (Å²) in [6, 6.07) is 4.52. The van der Waals surface area contributed by atoms with Crippen molar-refractivity contribution in [1.82, 2.24) is 9.80 Å². The predicted octanol–water partition coefficient (Wildman–Crippen LogP) is 2.05. The van der Waals surface area contributed by atoms with Gasteiger partial charge in [0.2, 0.25) is 0 Å². The molecule has 1 atom stereocenters. The second kappa shape index (κ2) is 6.33. The van der Waals surface area contributed by atoms with Gasteiger partial charge in [-0.3, -0.25) is 4.90 Å². The van der Waals surface area contributed by atoms with Crippen LogP contribution in [0.15, 0.2) is 18.2 Å². The molecule has 1 fully saturated rings. The molecule has 0 aromatic heterocycles. The van der Waals surface area contributed by atoms with Crippen LogP contribution in [0.2, 0.25) is 0 Å². The minimum atomic E-state index is -1.10. The van der Waals surface area contributed by atoms with Crippen molar-refractivity contribution in [3.05, 3.63) is 35.1 Å². The molecule has 20 heavy (non-hydrogen) atoms. The minimum absolute atomic E-state index is 0.00472. The molecule has 0 bridgehead atoms. The van der Waals surface area contributed by atoms with Crippen molar-refractivity contribution >= 4 is 5.97 Å². The highest BCUT2D eigenvalue weighted by Gasteiger charge is 2.20. The second-order valence-electron chi connectivity index (χ2n) is 5.55. The molecule has 1 aromatic carbocycles. The third kappa shape index (κ3) is 3.55. The van der Waals surface area contributed by atoms with Crippen molar-refractivity contribution in [3.8, 4) is 0 Å². The Kier molecular flexibility index (Phi) is 4.73. The van der Waals surface area contributed by atoms with E-state index in [1.165, 1.54) is 6.07 Å². The first-order chi connectivity index (χ1) is 9.47. The van der Waals surface area contributed by atoms with Gasteiger partial charge < -0.3 is 10.0 Å². The summed E-state index contributed by atoms with van der Waals surface area (Å²) in [4.78, 5) is 15.3. The summed E-state index contributed by atoms with van der Waals surface area (Å²) < 4.78 is 14.0. The fourth-order valence-corrected chi connectivity index (χ4v) is 2.68. The average molecular weight is 280 g/mol. The lowest BCUT2D eigenvalue weighted by Crippen LogP contribution is -2.37. The monoisotopic (exact) mass is 280 g/mol. The highest BCUT2D eigenvalue weighted by molar-refractivity contribution is 5.87. The van der Waals surface area contributed by atoms with E-state index < -0.39 is 11.8 Å². The largest absolute Gasteiger partial charge is 0.478 e. The molecule has 4 nitrogen and oxygen atoms in total. The standard InChI is InChI=1S/C15H21FN2O2/c1-11-9-17(2)6-3-7-18(11)10-13-5-4-12(15(19)20)8-14(13)16/h4-5,8,11H,3,6-7,9-10H2,1-2H3,(H,19,20). The van der Waals surface area contributed by atoms with E-state index in [4.69, 9.17) is 5.11 Å². The van der Waals surface area contributed by atoms with Crippen LogP contribution in [0.1, 0.15) is 29.3 Å². The van der Waals surface area contributed by atoms with Gasteiger partial charge in [0.05, 0.1) is 5.56 Å². The number of nitrogens with zero attached hydrogens (tertiary/aromatic N) is 2. The number of carboxylic acid groups (broad SMARTS) is 1. The highest BCUT2D eigenvalue weighted by Crippen LogP contribution is 2.17. The Labute approximate surface area is 118 Å². The predicted molar refractivity (Wildman–Crippen MR) is 75.3 cm³/mol. The number of carbonyl (C=O) groups is 1. The quantitative estimate of drug-likeness (QED) is 0.920. The van der Waals surface area contributed by atoms with Gasteiger partial charge in [-0.25, -0.2) is 9.18 Å². The van der Waals surface area contributed by atoms with Gasteiger partial charge in [0.1, 0.15) is 5.82 Å². The topological polar surface area (TPSA) is 43.8 Å². The molecule has 0 amide bonds. The molecule has 0 saturated carbocycles. The smallest absolute Gasteiger partial charge is 0.335 e. The van der Waals surface area contributed by atoms with Gasteiger partial charge in [0, 0.05) is 31.2 Å². The van der Waals surface area contributed by atoms with Crippen LogP contribution in [0.3, 0.4) is 0 Å². The molecule has 0 radical (unpaired) electrons. The molecule has 1 aliphatic rings. The van der Waals surface area contributed by atoms with E-state index >= 15 is 0 Å². The van der Waals surface area contributed by atoms with E-state index in [-0.39, 0.29) is 5.56 Å². The van der Waals surface area contributed by atoms with E-state index in [2.05, 4.69) is 23.8 Å². The lowest BCUT2D eigenvalue weighted by atomic mass is 10.1. The van der Waals surface area contributed by atoms with Crippen molar-refractivity contribution in [1.29, 1.82) is 0 Å². The van der Waals surface area contributed by atoms with Gasteiger partial charge in [-0.15, -0.1) is 0 Å². The third-order valence-electron chi connectivity index (χ3n) is 3.86. The zero-order chi connectivity index (χ0) is 14.7. The van der Waals surface area contributed by atoms with Crippen molar-refractivity contribution in [2.45, 2.75) is 25.9 Å². The summed E-state index contributed by atoms with van der Waals surface area (Å²) in [6.45, 7) is 5.63. The van der Waals surface area contributed by atoms with Gasteiger partial charge in [-0.05, 0) is 39.1 Å². The Balaban J connectivity index is 2.11. The first-order valence-corrected chi connectivity index (χ1v) is 6.91. The van der Waals surface area contributed by atoms with Crippen LogP contribution < -0.4 is 0 Å². The first kappa shape index (κ1) is 14.9. The van der Waals surface area contributed by atoms with E-state index in [9.17, 15) is 9.18 Å². The minimum Gasteiger partial charge on any atom is -0.478 e. The Morgan fingerprint density at radius 1 is 1.45 bits per heavy atom. The summed E-state index contributed by atoms with van der Waals surface area (Å²) in [6.07, 6.45) is 1.07. The zero-order valence-electron chi connectivity index (χ0n) is 12.0. The molecule has 1 aliphatic heterocycles. The number of likely N-dealkylation sites (N-methyl/N-ethyl adjacent to an activating group) is 1. The van der Waals surface area contributed by atoms with Crippen LogP contribution in [0.4, 0.5) is 4.39 Å². The van der Waals surface area contributed by atoms with E-state index in [1.807, 2.05) is 0 Å². The van der Waals surface area contributed by atoms with Crippen LogP contribution in [0.25, 0.3) is 0 Å². The van der Waals surface area contributed by atoms with E-state index in [1.54, 1.807) is 6.07 Å². The molecule has 1 N–H and O–H groups in total. The Morgan fingerprint density at radius 2 is 2.20 bits per heavy atom. The summed E-state index contributed by atoms with van der Waals surface area (Å²) >= 11 is 0. The molecule has 2 rings (SSSR count). The molecular weight excluding hydrogens is 259 g/mol. The van der Waals surface area contributed by atoms with Crippen LogP contribution >= 0.6 is 0 Å². The lowest BCUT2D eigenvalue weighted by Gasteiger charge is -2.28. The number of carboxylic acids is 1. The van der Waals surface area contributed by atoms with Gasteiger partial charge in [0.15, 0.2) is 0 Å². The second-order valence-corrected chi connectivity index (χ2v) is 5.55. The highest BCUT2D eigenvalue weighted by atomic mass is 19.1. The summed E-state index contributed by atoms with van der Waals surface area (Å²) in [5, 5.41) is 8.85. The number of hydrogen-bond acceptors (Lipinski definition) is 3. The maximum absolute atomic E-state index is 14.0. The van der Waals surface area contributed by atoms with Crippen LogP contribution in [0.5, 0.6) is 0 Å². The first-order valence-electron chi connectivity index (χ1n) is 6.91. The van der Waals surface area contributed by atoms with Gasteiger partial charge in [-0.1, -0.05) is 6.07 Å². The Morgan fingerprint density at radius 3 is 2.85 bits per heavy atom. The number of halogens is 1.